The molecule has 3 heterocycles. The lowest BCUT2D eigenvalue weighted by Crippen LogP contribution is -2.10. The number of aryl methyl sites for hydroxylation is 2. The van der Waals surface area contributed by atoms with Crippen molar-refractivity contribution < 1.29 is 13.9 Å². The summed E-state index contributed by atoms with van der Waals surface area (Å²) >= 11 is 0. The quantitative estimate of drug-likeness (QED) is 0.385. The summed E-state index contributed by atoms with van der Waals surface area (Å²) in [6, 6.07) is 8.73. The molecule has 0 unspecified atom stereocenters. The Balaban J connectivity index is 1.68. The van der Waals surface area contributed by atoms with Crippen LogP contribution in [-0.2, 0) is 11.3 Å². The molecule has 0 aliphatic rings. The van der Waals surface area contributed by atoms with Gasteiger partial charge in [0.25, 0.3) is 0 Å². The SMILES string of the molecule is Cc1ccc2c(COC(=O)c3cc(C)nc4c3cnn4C(C)C)cc(=O)oc2c1. The summed E-state index contributed by atoms with van der Waals surface area (Å²) < 4.78 is 12.6. The Kier molecular flexibility index (Phi) is 4.66. The Hall–Kier alpha value is -3.48. The van der Waals surface area contributed by atoms with Gasteiger partial charge in [-0.25, -0.2) is 19.3 Å². The van der Waals surface area contributed by atoms with Gasteiger partial charge in [0.2, 0.25) is 0 Å². The molecular weight excluding hydrogens is 370 g/mol. The van der Waals surface area contributed by atoms with E-state index in [0.29, 0.717) is 33.4 Å². The molecule has 7 heteroatoms. The van der Waals surface area contributed by atoms with Gasteiger partial charge in [0.15, 0.2) is 5.65 Å². The van der Waals surface area contributed by atoms with Crippen LogP contribution in [0.3, 0.4) is 0 Å². The van der Waals surface area contributed by atoms with Crippen molar-refractivity contribution in [2.75, 3.05) is 0 Å². The molecule has 4 aromatic rings. The van der Waals surface area contributed by atoms with Gasteiger partial charge in [0.05, 0.1) is 17.1 Å². The molecule has 0 atom stereocenters. The van der Waals surface area contributed by atoms with Crippen LogP contribution in [0.5, 0.6) is 0 Å². The number of hydrogen-bond donors (Lipinski definition) is 0. The number of fused-ring (bicyclic) bond motifs is 2. The maximum absolute atomic E-state index is 12.8. The Morgan fingerprint density at radius 3 is 2.72 bits per heavy atom. The van der Waals surface area contributed by atoms with E-state index in [1.54, 1.807) is 23.0 Å². The molecule has 0 saturated carbocycles. The van der Waals surface area contributed by atoms with E-state index in [2.05, 4.69) is 10.1 Å². The van der Waals surface area contributed by atoms with Gasteiger partial charge in [-0.2, -0.15) is 5.10 Å². The highest BCUT2D eigenvalue weighted by molar-refractivity contribution is 6.02. The molecule has 7 nitrogen and oxygen atoms in total. The fourth-order valence-electron chi connectivity index (χ4n) is 3.37. The molecular formula is C22H21N3O4. The number of carbonyl (C=O) groups is 1. The van der Waals surface area contributed by atoms with E-state index in [9.17, 15) is 9.59 Å². The Morgan fingerprint density at radius 1 is 1.17 bits per heavy atom. The lowest BCUT2D eigenvalue weighted by atomic mass is 10.1. The zero-order chi connectivity index (χ0) is 20.7. The van der Waals surface area contributed by atoms with Crippen molar-refractivity contribution in [2.24, 2.45) is 0 Å². The molecule has 0 N–H and O–H groups in total. The van der Waals surface area contributed by atoms with E-state index in [1.807, 2.05) is 39.8 Å². The van der Waals surface area contributed by atoms with E-state index < -0.39 is 11.6 Å². The van der Waals surface area contributed by atoms with Crippen LogP contribution in [0.25, 0.3) is 22.0 Å². The Morgan fingerprint density at radius 2 is 1.97 bits per heavy atom. The predicted molar refractivity (Wildman–Crippen MR) is 109 cm³/mol. The Bertz CT molecular complexity index is 1300. The molecule has 29 heavy (non-hydrogen) atoms. The van der Waals surface area contributed by atoms with E-state index >= 15 is 0 Å². The van der Waals surface area contributed by atoms with Gasteiger partial charge < -0.3 is 9.15 Å². The van der Waals surface area contributed by atoms with Gasteiger partial charge in [-0.15, -0.1) is 0 Å². The second-order valence-corrected chi connectivity index (χ2v) is 7.40. The minimum atomic E-state index is -0.489. The summed E-state index contributed by atoms with van der Waals surface area (Å²) in [6.45, 7) is 7.71. The number of ether oxygens (including phenoxy) is 1. The van der Waals surface area contributed by atoms with Gasteiger partial charge in [0.1, 0.15) is 12.2 Å². The molecule has 0 aliphatic heterocycles. The van der Waals surface area contributed by atoms with Crippen LogP contribution in [0, 0.1) is 13.8 Å². The number of pyridine rings is 1. The maximum Gasteiger partial charge on any atom is 0.339 e. The second kappa shape index (κ2) is 7.16. The van der Waals surface area contributed by atoms with Gasteiger partial charge in [-0.1, -0.05) is 12.1 Å². The summed E-state index contributed by atoms with van der Waals surface area (Å²) in [5, 5.41) is 5.73. The standard InChI is InChI=1S/C22H21N3O4/c1-12(2)25-21-18(10-23-25)17(8-14(4)24-21)22(27)28-11-15-9-20(26)29-19-7-13(3)5-6-16(15)19/h5-10,12H,11H2,1-4H3. The van der Waals surface area contributed by atoms with Crippen molar-refractivity contribution in [1.82, 2.24) is 14.8 Å². The van der Waals surface area contributed by atoms with Crippen molar-refractivity contribution in [3.8, 4) is 0 Å². The number of hydrogen-bond acceptors (Lipinski definition) is 6. The molecule has 0 amide bonds. The van der Waals surface area contributed by atoms with E-state index in [1.165, 1.54) is 6.07 Å². The third-order valence-corrected chi connectivity index (χ3v) is 4.75. The van der Waals surface area contributed by atoms with Crippen LogP contribution in [0.4, 0.5) is 0 Å². The zero-order valence-corrected chi connectivity index (χ0v) is 16.7. The molecule has 0 radical (unpaired) electrons. The lowest BCUT2D eigenvalue weighted by molar-refractivity contribution is 0.0476. The highest BCUT2D eigenvalue weighted by Crippen LogP contribution is 2.23. The normalized spacial score (nSPS) is 11.5. The highest BCUT2D eigenvalue weighted by Gasteiger charge is 2.18. The minimum Gasteiger partial charge on any atom is -0.457 e. The smallest absolute Gasteiger partial charge is 0.339 e. The van der Waals surface area contributed by atoms with Crippen molar-refractivity contribution in [3.05, 3.63) is 69.3 Å². The molecule has 1 aromatic carbocycles. The van der Waals surface area contributed by atoms with E-state index in [0.717, 1.165) is 10.9 Å². The second-order valence-electron chi connectivity index (χ2n) is 7.40. The summed E-state index contributed by atoms with van der Waals surface area (Å²) in [5.74, 6) is -0.489. The first-order valence-electron chi connectivity index (χ1n) is 9.39. The maximum atomic E-state index is 12.8. The van der Waals surface area contributed by atoms with Crippen LogP contribution in [-0.4, -0.2) is 20.7 Å². The van der Waals surface area contributed by atoms with Crippen molar-refractivity contribution in [2.45, 2.75) is 40.3 Å². The molecule has 148 valence electrons. The number of nitrogens with zero attached hydrogens (tertiary/aromatic N) is 3. The summed E-state index contributed by atoms with van der Waals surface area (Å²) in [6.07, 6.45) is 1.63. The topological polar surface area (TPSA) is 87.2 Å². The molecule has 0 saturated heterocycles. The van der Waals surface area contributed by atoms with Crippen molar-refractivity contribution in [3.63, 3.8) is 0 Å². The van der Waals surface area contributed by atoms with E-state index in [4.69, 9.17) is 9.15 Å². The molecule has 4 rings (SSSR count). The Labute approximate surface area is 166 Å². The highest BCUT2D eigenvalue weighted by atomic mass is 16.5. The number of benzene rings is 1. The van der Waals surface area contributed by atoms with Crippen LogP contribution in [0.15, 0.2) is 45.7 Å². The lowest BCUT2D eigenvalue weighted by Gasteiger charge is -2.10. The number of esters is 1. The summed E-state index contributed by atoms with van der Waals surface area (Å²) in [5.41, 5.74) is 3.33. The monoisotopic (exact) mass is 391 g/mol. The van der Waals surface area contributed by atoms with E-state index in [-0.39, 0.29) is 12.6 Å². The van der Waals surface area contributed by atoms with Crippen molar-refractivity contribution in [1.29, 1.82) is 0 Å². The van der Waals surface area contributed by atoms with Crippen LogP contribution in [0.1, 0.15) is 47.1 Å². The van der Waals surface area contributed by atoms with Crippen LogP contribution >= 0.6 is 0 Å². The van der Waals surface area contributed by atoms with Crippen LogP contribution < -0.4 is 5.63 Å². The average molecular weight is 391 g/mol. The summed E-state index contributed by atoms with van der Waals surface area (Å²) in [7, 11) is 0. The third kappa shape index (κ3) is 3.51. The van der Waals surface area contributed by atoms with Gasteiger partial charge in [0, 0.05) is 28.8 Å². The number of aromatic nitrogens is 3. The fraction of sp³-hybridized carbons (Fsp3) is 0.273. The largest absolute Gasteiger partial charge is 0.457 e. The zero-order valence-electron chi connectivity index (χ0n) is 16.7. The minimum absolute atomic E-state index is 0.0365. The summed E-state index contributed by atoms with van der Waals surface area (Å²) in [4.78, 5) is 29.3. The average Bonchev–Trinajstić information content (AvgIpc) is 3.08. The molecule has 0 spiro atoms. The first-order chi connectivity index (χ1) is 13.8. The third-order valence-electron chi connectivity index (χ3n) is 4.75. The van der Waals surface area contributed by atoms with Crippen molar-refractivity contribution >= 4 is 28.0 Å². The molecule has 0 fully saturated rings. The predicted octanol–water partition coefficient (Wildman–Crippen LogP) is 4.09. The molecule has 0 aliphatic carbocycles. The first-order valence-corrected chi connectivity index (χ1v) is 9.39. The number of carbonyl (C=O) groups excluding carboxylic acids is 1. The molecule has 0 bridgehead atoms. The fourth-order valence-corrected chi connectivity index (χ4v) is 3.37. The van der Waals surface area contributed by atoms with Gasteiger partial charge >= 0.3 is 11.6 Å². The molecule has 3 aromatic heterocycles. The first kappa shape index (κ1) is 18.9. The van der Waals surface area contributed by atoms with Gasteiger partial charge in [-0.3, -0.25) is 0 Å². The number of rotatable bonds is 4. The van der Waals surface area contributed by atoms with Gasteiger partial charge in [-0.05, 0) is 45.4 Å². The van der Waals surface area contributed by atoms with Crippen LogP contribution in [0.2, 0.25) is 0 Å².